The Hall–Kier alpha value is -2.91. The number of nitrogens with one attached hydrogen (secondary N) is 2. The standard InChI is InChI=1S/C25H31N3O5S/c1-2-33-21-10-8-18(9-11-21)16-26-25(30)20-6-4-14-28(17-20)34(31,32)22-12-13-23-19(15-22)5-3-7-24(29)27-23/h8-13,15,20H,2-7,14,16-17H2,1H3,(H,26,30)(H,27,29). The van der Waals surface area contributed by atoms with Crippen molar-refractivity contribution in [2.75, 3.05) is 25.0 Å². The van der Waals surface area contributed by atoms with Crippen molar-refractivity contribution in [3.05, 3.63) is 53.6 Å². The van der Waals surface area contributed by atoms with E-state index in [1.165, 1.54) is 10.4 Å². The maximum absolute atomic E-state index is 13.4. The van der Waals surface area contributed by atoms with Gasteiger partial charge in [0.25, 0.3) is 0 Å². The van der Waals surface area contributed by atoms with Crippen LogP contribution < -0.4 is 15.4 Å². The molecule has 34 heavy (non-hydrogen) atoms. The zero-order valence-electron chi connectivity index (χ0n) is 19.4. The van der Waals surface area contributed by atoms with E-state index in [9.17, 15) is 18.0 Å². The summed E-state index contributed by atoms with van der Waals surface area (Å²) in [7, 11) is -3.74. The maximum Gasteiger partial charge on any atom is 0.243 e. The number of hydrogen-bond acceptors (Lipinski definition) is 5. The highest BCUT2D eigenvalue weighted by Crippen LogP contribution is 2.29. The van der Waals surface area contributed by atoms with Crippen LogP contribution in [0.2, 0.25) is 0 Å². The van der Waals surface area contributed by atoms with Gasteiger partial charge in [0.1, 0.15) is 5.75 Å². The zero-order chi connectivity index (χ0) is 24.1. The molecule has 2 aliphatic rings. The quantitative estimate of drug-likeness (QED) is 0.627. The van der Waals surface area contributed by atoms with Crippen LogP contribution in [0.5, 0.6) is 5.75 Å². The van der Waals surface area contributed by atoms with Crippen molar-refractivity contribution in [3.63, 3.8) is 0 Å². The summed E-state index contributed by atoms with van der Waals surface area (Å²) in [6.45, 7) is 3.45. The number of sulfonamides is 1. The molecular formula is C25H31N3O5S. The summed E-state index contributed by atoms with van der Waals surface area (Å²) in [6.07, 6.45) is 3.03. The number of nitrogens with zero attached hydrogens (tertiary/aromatic N) is 1. The summed E-state index contributed by atoms with van der Waals surface area (Å²) < 4.78 is 33.5. The smallest absolute Gasteiger partial charge is 0.243 e. The molecule has 2 aromatic carbocycles. The fraction of sp³-hybridized carbons (Fsp3) is 0.440. The monoisotopic (exact) mass is 485 g/mol. The molecule has 1 atom stereocenters. The number of rotatable bonds is 7. The highest BCUT2D eigenvalue weighted by molar-refractivity contribution is 7.89. The first-order chi connectivity index (χ1) is 16.4. The summed E-state index contributed by atoms with van der Waals surface area (Å²) in [5.74, 6) is 0.195. The van der Waals surface area contributed by atoms with Gasteiger partial charge in [-0.3, -0.25) is 9.59 Å². The molecule has 2 heterocycles. The summed E-state index contributed by atoms with van der Waals surface area (Å²) >= 11 is 0. The van der Waals surface area contributed by atoms with E-state index in [2.05, 4.69) is 10.6 Å². The lowest BCUT2D eigenvalue weighted by atomic mass is 9.99. The minimum Gasteiger partial charge on any atom is -0.494 e. The van der Waals surface area contributed by atoms with E-state index in [1.807, 2.05) is 31.2 Å². The molecule has 182 valence electrons. The van der Waals surface area contributed by atoms with Crippen LogP contribution in [0.3, 0.4) is 0 Å². The lowest BCUT2D eigenvalue weighted by Gasteiger charge is -2.31. The van der Waals surface area contributed by atoms with E-state index in [0.717, 1.165) is 16.9 Å². The van der Waals surface area contributed by atoms with Crippen LogP contribution >= 0.6 is 0 Å². The predicted octanol–water partition coefficient (Wildman–Crippen LogP) is 3.08. The minimum absolute atomic E-state index is 0.0514. The molecule has 0 aliphatic carbocycles. The largest absolute Gasteiger partial charge is 0.494 e. The van der Waals surface area contributed by atoms with E-state index < -0.39 is 15.9 Å². The molecule has 9 heteroatoms. The van der Waals surface area contributed by atoms with Gasteiger partial charge in [0.2, 0.25) is 21.8 Å². The molecule has 2 aromatic rings. The van der Waals surface area contributed by atoms with E-state index in [-0.39, 0.29) is 23.3 Å². The van der Waals surface area contributed by atoms with Crippen LogP contribution in [0.25, 0.3) is 0 Å². The van der Waals surface area contributed by atoms with Crippen molar-refractivity contribution in [1.82, 2.24) is 9.62 Å². The third-order valence-corrected chi connectivity index (χ3v) is 8.16. The lowest BCUT2D eigenvalue weighted by molar-refractivity contribution is -0.126. The Morgan fingerprint density at radius 3 is 2.71 bits per heavy atom. The number of anilines is 1. The number of ether oxygens (including phenoxy) is 1. The summed E-state index contributed by atoms with van der Waals surface area (Å²) in [5.41, 5.74) is 2.45. The van der Waals surface area contributed by atoms with Gasteiger partial charge in [-0.1, -0.05) is 12.1 Å². The predicted molar refractivity (Wildman–Crippen MR) is 129 cm³/mol. The third kappa shape index (κ3) is 5.59. The Morgan fingerprint density at radius 2 is 1.94 bits per heavy atom. The van der Waals surface area contributed by atoms with Crippen LogP contribution in [0, 0.1) is 5.92 Å². The molecule has 1 saturated heterocycles. The first-order valence-corrected chi connectivity index (χ1v) is 13.2. The molecular weight excluding hydrogens is 454 g/mol. The number of hydrogen-bond donors (Lipinski definition) is 2. The number of carbonyl (C=O) groups excluding carboxylic acids is 2. The second kappa shape index (κ2) is 10.6. The molecule has 2 amide bonds. The van der Waals surface area contributed by atoms with Gasteiger partial charge in [-0.05, 0) is 74.1 Å². The van der Waals surface area contributed by atoms with E-state index in [0.29, 0.717) is 57.5 Å². The van der Waals surface area contributed by atoms with Crippen molar-refractivity contribution < 1.29 is 22.7 Å². The molecule has 0 saturated carbocycles. The Labute approximate surface area is 200 Å². The Balaban J connectivity index is 1.40. The van der Waals surface area contributed by atoms with E-state index >= 15 is 0 Å². The highest BCUT2D eigenvalue weighted by atomic mass is 32.2. The van der Waals surface area contributed by atoms with E-state index in [1.54, 1.807) is 12.1 Å². The van der Waals surface area contributed by atoms with Crippen molar-refractivity contribution in [1.29, 1.82) is 0 Å². The molecule has 8 nitrogen and oxygen atoms in total. The van der Waals surface area contributed by atoms with Crippen LogP contribution in [0.15, 0.2) is 47.4 Å². The van der Waals surface area contributed by atoms with Crippen LogP contribution in [-0.4, -0.2) is 44.2 Å². The third-order valence-electron chi connectivity index (χ3n) is 6.29. The van der Waals surface area contributed by atoms with Gasteiger partial charge >= 0.3 is 0 Å². The first-order valence-electron chi connectivity index (χ1n) is 11.8. The molecule has 4 rings (SSSR count). The van der Waals surface area contributed by atoms with Crippen LogP contribution in [-0.2, 0) is 32.6 Å². The number of carbonyl (C=O) groups is 2. The summed E-state index contributed by atoms with van der Waals surface area (Å²) in [6, 6.07) is 12.4. The molecule has 2 N–H and O–H groups in total. The van der Waals surface area contributed by atoms with Gasteiger partial charge < -0.3 is 15.4 Å². The Kier molecular flexibility index (Phi) is 7.53. The molecule has 0 radical (unpaired) electrons. The van der Waals surface area contributed by atoms with Gasteiger partial charge in [-0.25, -0.2) is 8.42 Å². The van der Waals surface area contributed by atoms with E-state index in [4.69, 9.17) is 4.74 Å². The van der Waals surface area contributed by atoms with Gasteiger partial charge in [-0.2, -0.15) is 4.31 Å². The van der Waals surface area contributed by atoms with Crippen molar-refractivity contribution in [2.24, 2.45) is 5.92 Å². The summed E-state index contributed by atoms with van der Waals surface area (Å²) in [4.78, 5) is 24.8. The topological polar surface area (TPSA) is 105 Å². The molecule has 1 fully saturated rings. The van der Waals surface area contributed by atoms with Gasteiger partial charge in [0.15, 0.2) is 0 Å². The average molecular weight is 486 g/mol. The highest BCUT2D eigenvalue weighted by Gasteiger charge is 2.33. The minimum atomic E-state index is -3.74. The van der Waals surface area contributed by atoms with Crippen molar-refractivity contribution >= 4 is 27.5 Å². The number of aryl methyl sites for hydroxylation is 1. The van der Waals surface area contributed by atoms with Gasteiger partial charge in [0, 0.05) is 31.7 Å². The normalized spacial score (nSPS) is 19.0. The van der Waals surface area contributed by atoms with Crippen LogP contribution in [0.4, 0.5) is 5.69 Å². The number of benzene rings is 2. The van der Waals surface area contributed by atoms with Crippen LogP contribution in [0.1, 0.15) is 43.7 Å². The fourth-order valence-corrected chi connectivity index (χ4v) is 6.01. The molecule has 0 aromatic heterocycles. The number of fused-ring (bicyclic) bond motifs is 1. The van der Waals surface area contributed by atoms with Gasteiger partial charge in [-0.15, -0.1) is 0 Å². The number of piperidine rings is 1. The maximum atomic E-state index is 13.4. The molecule has 2 aliphatic heterocycles. The second-order valence-corrected chi connectivity index (χ2v) is 10.7. The Morgan fingerprint density at radius 1 is 1.15 bits per heavy atom. The van der Waals surface area contributed by atoms with Crippen molar-refractivity contribution in [2.45, 2.75) is 50.5 Å². The van der Waals surface area contributed by atoms with Crippen molar-refractivity contribution in [3.8, 4) is 5.75 Å². The Bertz CT molecular complexity index is 1150. The molecule has 0 bridgehead atoms. The molecule has 1 unspecified atom stereocenters. The number of amides is 2. The fourth-order valence-electron chi connectivity index (χ4n) is 4.44. The second-order valence-electron chi connectivity index (χ2n) is 8.72. The average Bonchev–Trinajstić information content (AvgIpc) is 3.03. The lowest BCUT2D eigenvalue weighted by Crippen LogP contribution is -2.45. The van der Waals surface area contributed by atoms with Gasteiger partial charge in [0.05, 0.1) is 17.4 Å². The molecule has 0 spiro atoms. The SMILES string of the molecule is CCOc1ccc(CNC(=O)C2CCCN(S(=O)(=O)c3ccc4c(c3)CCCC(=O)N4)C2)cc1. The zero-order valence-corrected chi connectivity index (χ0v) is 20.2. The first kappa shape index (κ1) is 24.2. The summed E-state index contributed by atoms with van der Waals surface area (Å²) in [5, 5.41) is 5.77.